The number of pyridine rings is 1. The predicted molar refractivity (Wildman–Crippen MR) is 149 cm³/mol. The largest absolute Gasteiger partial charge is 0.342 e. The molecule has 0 N–H and O–H groups in total. The fourth-order valence-corrected chi connectivity index (χ4v) is 6.90. The van der Waals surface area contributed by atoms with Gasteiger partial charge in [0, 0.05) is 73.7 Å². The van der Waals surface area contributed by atoms with Crippen LogP contribution in [-0.4, -0.2) is 51.6 Å². The van der Waals surface area contributed by atoms with E-state index in [0.717, 1.165) is 27.9 Å². The van der Waals surface area contributed by atoms with Gasteiger partial charge in [0.05, 0.1) is 22.1 Å². The number of carbonyl (C=O) groups is 2. The molecule has 0 bridgehead atoms. The van der Waals surface area contributed by atoms with Crippen molar-refractivity contribution in [1.82, 2.24) is 18.4 Å². The Bertz CT molecular complexity index is 1700. The highest BCUT2D eigenvalue weighted by Gasteiger charge is 2.31. The number of allylic oxidation sites excluding steroid dienone is 1. The molecule has 1 fully saturated rings. The molecule has 1 aromatic carbocycles. The number of likely N-dealkylation sites (tertiary alicyclic amines) is 1. The smallest absolute Gasteiger partial charge is 0.267 e. The van der Waals surface area contributed by atoms with Gasteiger partial charge in [-0.2, -0.15) is 0 Å². The van der Waals surface area contributed by atoms with Crippen LogP contribution in [0.3, 0.4) is 0 Å². The number of rotatable bonds is 7. The third-order valence-electron chi connectivity index (χ3n) is 7.97. The summed E-state index contributed by atoms with van der Waals surface area (Å²) >= 11 is 0. The normalized spacial score (nSPS) is 18.9. The quantitative estimate of drug-likeness (QED) is 0.315. The van der Waals surface area contributed by atoms with Crippen LogP contribution in [0.1, 0.15) is 53.8 Å². The lowest BCUT2D eigenvalue weighted by Crippen LogP contribution is -2.44. The first-order chi connectivity index (χ1) is 18.8. The number of amides is 1. The topological polar surface area (TPSA) is 94.3 Å². The van der Waals surface area contributed by atoms with Gasteiger partial charge in [0.25, 0.3) is 10.0 Å². The number of fused-ring (bicyclic) bond motifs is 3. The van der Waals surface area contributed by atoms with E-state index in [-0.39, 0.29) is 41.0 Å². The second-order valence-corrected chi connectivity index (χ2v) is 12.2. The third kappa shape index (κ3) is 4.61. The number of hydrogen-bond acceptors (Lipinski definition) is 5. The molecule has 0 spiro atoms. The Morgan fingerprint density at radius 3 is 2.69 bits per heavy atom. The molecular formula is C30H30N4O4S. The zero-order chi connectivity index (χ0) is 27.1. The van der Waals surface area contributed by atoms with Crippen molar-refractivity contribution in [2.45, 2.75) is 43.5 Å². The summed E-state index contributed by atoms with van der Waals surface area (Å²) in [5, 5.41) is 1.10. The van der Waals surface area contributed by atoms with E-state index in [1.54, 1.807) is 18.2 Å². The lowest BCUT2D eigenvalue weighted by molar-refractivity contribution is -0.133. The van der Waals surface area contributed by atoms with Crippen molar-refractivity contribution in [1.29, 1.82) is 0 Å². The van der Waals surface area contributed by atoms with E-state index >= 15 is 0 Å². The molecule has 4 heterocycles. The van der Waals surface area contributed by atoms with Crippen LogP contribution in [-0.2, 0) is 21.2 Å². The zero-order valence-corrected chi connectivity index (χ0v) is 22.5. The number of carbonyl (C=O) groups excluding carboxylic acids is 2. The molecule has 4 aromatic rings. The van der Waals surface area contributed by atoms with E-state index < -0.39 is 10.0 Å². The van der Waals surface area contributed by atoms with E-state index in [1.807, 2.05) is 11.1 Å². The van der Waals surface area contributed by atoms with Gasteiger partial charge >= 0.3 is 0 Å². The van der Waals surface area contributed by atoms with Gasteiger partial charge in [-0.05, 0) is 36.6 Å². The molecule has 9 heteroatoms. The van der Waals surface area contributed by atoms with E-state index in [9.17, 15) is 18.0 Å². The highest BCUT2D eigenvalue weighted by molar-refractivity contribution is 7.90. The number of nitrogens with zero attached hydrogens (tertiary/aromatic N) is 4. The van der Waals surface area contributed by atoms with Crippen LogP contribution in [0.4, 0.5) is 0 Å². The molecule has 6 rings (SSSR count). The maximum Gasteiger partial charge on any atom is 0.267 e. The van der Waals surface area contributed by atoms with Gasteiger partial charge in [0.1, 0.15) is 0 Å². The minimum absolute atomic E-state index is 0.0291. The molecule has 1 saturated heterocycles. The van der Waals surface area contributed by atoms with Crippen LogP contribution in [0.5, 0.6) is 0 Å². The van der Waals surface area contributed by atoms with Gasteiger partial charge in [0.2, 0.25) is 5.91 Å². The van der Waals surface area contributed by atoms with Crippen molar-refractivity contribution >= 4 is 38.7 Å². The summed E-state index contributed by atoms with van der Waals surface area (Å²) in [5.74, 6) is 0.0881. The van der Waals surface area contributed by atoms with Crippen LogP contribution in [0.25, 0.3) is 17.0 Å². The second-order valence-electron chi connectivity index (χ2n) is 10.4. The monoisotopic (exact) mass is 542 g/mol. The van der Waals surface area contributed by atoms with Crippen molar-refractivity contribution in [2.75, 3.05) is 13.1 Å². The standard InChI is InChI=1S/C30H30N4O4S/c1-21-12-15-32(20-27(21)34-17-14-22-18-31-26-9-5-8-25(26)30(22)34)29(36)11-10-28(35)23-13-16-33(19-23)39(37,38)24-6-3-2-4-7-24/h2-8,13-14,16-19,21,27H,9-12,15,20H2,1H3/t21-,27+/m1/s1. The second kappa shape index (κ2) is 9.96. The Morgan fingerprint density at radius 1 is 1.05 bits per heavy atom. The molecule has 3 aromatic heterocycles. The number of Topliss-reactive ketones (excluding diaryl/α,β-unsaturated/α-hetero) is 1. The lowest BCUT2D eigenvalue weighted by Gasteiger charge is -2.38. The Morgan fingerprint density at radius 2 is 1.87 bits per heavy atom. The van der Waals surface area contributed by atoms with Crippen molar-refractivity contribution in [3.05, 3.63) is 90.1 Å². The number of hydrogen-bond donors (Lipinski definition) is 0. The van der Waals surface area contributed by atoms with Crippen molar-refractivity contribution < 1.29 is 18.0 Å². The summed E-state index contributed by atoms with van der Waals surface area (Å²) in [7, 11) is -3.77. The fourth-order valence-electron chi connectivity index (χ4n) is 5.68. The number of ketones is 1. The molecule has 1 aliphatic carbocycles. The van der Waals surface area contributed by atoms with E-state index in [0.29, 0.717) is 19.0 Å². The highest BCUT2D eigenvalue weighted by Crippen LogP contribution is 2.35. The Kier molecular flexibility index (Phi) is 6.46. The SMILES string of the molecule is C[C@@H]1CCN(C(=O)CCC(=O)c2ccn(S(=O)(=O)c3ccccc3)c2)C[C@@H]1n1ccc2cnc3c(c21)C=CC3. The fraction of sp³-hybridized carbons (Fsp3) is 0.300. The summed E-state index contributed by atoms with van der Waals surface area (Å²) < 4.78 is 29.0. The first kappa shape index (κ1) is 25.3. The van der Waals surface area contributed by atoms with Gasteiger partial charge < -0.3 is 9.47 Å². The molecule has 1 amide bonds. The van der Waals surface area contributed by atoms with Crippen LogP contribution in [0.15, 0.2) is 78.2 Å². The summed E-state index contributed by atoms with van der Waals surface area (Å²) in [6, 6.07) is 11.8. The van der Waals surface area contributed by atoms with Gasteiger partial charge in [-0.1, -0.05) is 37.3 Å². The number of piperidine rings is 1. The Balaban J connectivity index is 1.13. The molecule has 200 valence electrons. The maximum atomic E-state index is 13.2. The summed E-state index contributed by atoms with van der Waals surface area (Å²) in [5.41, 5.74) is 3.70. The molecule has 39 heavy (non-hydrogen) atoms. The van der Waals surface area contributed by atoms with Crippen LogP contribution >= 0.6 is 0 Å². The third-order valence-corrected chi connectivity index (χ3v) is 9.62. The Labute approximate surface area is 227 Å². The minimum Gasteiger partial charge on any atom is -0.342 e. The van der Waals surface area contributed by atoms with Gasteiger partial charge in [-0.15, -0.1) is 0 Å². The molecule has 0 radical (unpaired) electrons. The van der Waals surface area contributed by atoms with Crippen molar-refractivity contribution in [2.24, 2.45) is 5.92 Å². The summed E-state index contributed by atoms with van der Waals surface area (Å²) in [4.78, 5) is 32.7. The van der Waals surface area contributed by atoms with Gasteiger partial charge in [-0.3, -0.25) is 14.6 Å². The molecule has 0 saturated carbocycles. The van der Waals surface area contributed by atoms with Crippen LogP contribution in [0, 0.1) is 5.92 Å². The maximum absolute atomic E-state index is 13.2. The minimum atomic E-state index is -3.77. The first-order valence-corrected chi connectivity index (χ1v) is 14.7. The van der Waals surface area contributed by atoms with E-state index in [1.165, 1.54) is 41.7 Å². The summed E-state index contributed by atoms with van der Waals surface area (Å²) in [6.07, 6.45) is 12.8. The lowest BCUT2D eigenvalue weighted by atomic mass is 9.92. The Hall–Kier alpha value is -3.98. The van der Waals surface area contributed by atoms with Gasteiger partial charge in [-0.25, -0.2) is 12.4 Å². The number of benzene rings is 1. The molecule has 1 aliphatic heterocycles. The van der Waals surface area contributed by atoms with Crippen molar-refractivity contribution in [3.63, 3.8) is 0 Å². The first-order valence-electron chi connectivity index (χ1n) is 13.3. The molecule has 0 unspecified atom stereocenters. The van der Waals surface area contributed by atoms with Gasteiger partial charge in [0.15, 0.2) is 5.78 Å². The molecular weight excluding hydrogens is 512 g/mol. The zero-order valence-electron chi connectivity index (χ0n) is 21.7. The van der Waals surface area contributed by atoms with E-state index in [2.05, 4.69) is 40.9 Å². The van der Waals surface area contributed by atoms with Crippen molar-refractivity contribution in [3.8, 4) is 0 Å². The molecule has 2 atom stereocenters. The molecule has 2 aliphatic rings. The highest BCUT2D eigenvalue weighted by atomic mass is 32.2. The average molecular weight is 543 g/mol. The van der Waals surface area contributed by atoms with E-state index in [4.69, 9.17) is 0 Å². The van der Waals surface area contributed by atoms with Crippen LogP contribution in [0.2, 0.25) is 0 Å². The predicted octanol–water partition coefficient (Wildman–Crippen LogP) is 4.72. The number of aromatic nitrogens is 3. The summed E-state index contributed by atoms with van der Waals surface area (Å²) in [6.45, 7) is 3.48. The van der Waals surface area contributed by atoms with Crippen LogP contribution < -0.4 is 0 Å². The molecule has 8 nitrogen and oxygen atoms in total. The average Bonchev–Trinajstić information content (AvgIpc) is 3.71.